The van der Waals surface area contributed by atoms with E-state index in [0.29, 0.717) is 5.75 Å². The van der Waals surface area contributed by atoms with Crippen LogP contribution in [0.1, 0.15) is 0 Å². The van der Waals surface area contributed by atoms with Gasteiger partial charge in [0.05, 0.1) is 8.95 Å². The second-order valence-corrected chi connectivity index (χ2v) is 5.07. The summed E-state index contributed by atoms with van der Waals surface area (Å²) < 4.78 is 7.62. The number of benzene rings is 1. The van der Waals surface area contributed by atoms with Crippen molar-refractivity contribution in [1.82, 2.24) is 0 Å². The van der Waals surface area contributed by atoms with Gasteiger partial charge in [-0.1, -0.05) is 22.5 Å². The van der Waals surface area contributed by atoms with Crippen molar-refractivity contribution in [2.75, 3.05) is 0 Å². The monoisotopic (exact) mass is 384 g/mol. The zero-order valence-electron chi connectivity index (χ0n) is 7.01. The van der Waals surface area contributed by atoms with Crippen molar-refractivity contribution in [3.05, 3.63) is 38.2 Å². The van der Waals surface area contributed by atoms with Crippen LogP contribution >= 0.6 is 47.8 Å². The van der Waals surface area contributed by atoms with Gasteiger partial charge in [-0.15, -0.1) is 0 Å². The van der Waals surface area contributed by atoms with Gasteiger partial charge in [-0.2, -0.15) is 0 Å². The molecule has 0 spiro atoms. The van der Waals surface area contributed by atoms with Crippen LogP contribution in [0.15, 0.2) is 38.2 Å². The lowest BCUT2D eigenvalue weighted by molar-refractivity contribution is 0.0238. The third-order valence-corrected chi connectivity index (χ3v) is 3.04. The fourth-order valence-electron chi connectivity index (χ4n) is 0.810. The lowest BCUT2D eigenvalue weighted by Gasteiger charge is -2.13. The van der Waals surface area contributed by atoms with Crippen LogP contribution in [0.2, 0.25) is 0 Å². The molecule has 76 valence electrons. The van der Waals surface area contributed by atoms with Crippen molar-refractivity contribution in [3.8, 4) is 5.75 Å². The molecule has 1 atom stereocenters. The summed E-state index contributed by atoms with van der Waals surface area (Å²) in [5.74, 6) is 0.542. The second kappa shape index (κ2) is 5.30. The number of hydrogen-bond acceptors (Lipinski definition) is 2. The molecule has 1 N–H and O–H groups in total. The van der Waals surface area contributed by atoms with E-state index in [9.17, 15) is 5.11 Å². The van der Waals surface area contributed by atoms with Crippen LogP contribution in [-0.4, -0.2) is 11.4 Å². The number of hydrogen-bond donors (Lipinski definition) is 1. The van der Waals surface area contributed by atoms with E-state index >= 15 is 0 Å². The van der Waals surface area contributed by atoms with Crippen molar-refractivity contribution >= 4 is 47.8 Å². The Bertz CT molecular complexity index is 329. The van der Waals surface area contributed by atoms with E-state index in [0.717, 1.165) is 13.4 Å². The molecular weight excluding hydrogens is 380 g/mol. The quantitative estimate of drug-likeness (QED) is 0.631. The maximum atomic E-state index is 9.24. The van der Waals surface area contributed by atoms with Gasteiger partial charge in [0.1, 0.15) is 0 Å². The topological polar surface area (TPSA) is 29.5 Å². The predicted octanol–water partition coefficient (Wildman–Crippen LogP) is 3.86. The first-order valence-electron chi connectivity index (χ1n) is 3.66. The highest BCUT2D eigenvalue weighted by Gasteiger charge is 2.10. The molecule has 0 bridgehead atoms. The van der Waals surface area contributed by atoms with Crippen molar-refractivity contribution < 1.29 is 9.84 Å². The number of aliphatic hydroxyl groups is 1. The predicted molar refractivity (Wildman–Crippen MR) is 66.4 cm³/mol. The van der Waals surface area contributed by atoms with E-state index in [-0.39, 0.29) is 0 Å². The van der Waals surface area contributed by atoms with Gasteiger partial charge < -0.3 is 9.84 Å². The Morgan fingerprint density at radius 1 is 1.29 bits per heavy atom. The van der Waals surface area contributed by atoms with Gasteiger partial charge in [0.15, 0.2) is 5.75 Å². The molecule has 0 saturated carbocycles. The van der Waals surface area contributed by atoms with Gasteiger partial charge in [-0.25, -0.2) is 0 Å². The molecule has 0 amide bonds. The zero-order chi connectivity index (χ0) is 10.7. The number of ether oxygens (including phenoxy) is 1. The van der Waals surface area contributed by atoms with Crippen LogP contribution in [-0.2, 0) is 0 Å². The molecule has 0 heterocycles. The first kappa shape index (κ1) is 12.2. The fourth-order valence-corrected chi connectivity index (χ4v) is 3.26. The van der Waals surface area contributed by atoms with Crippen LogP contribution in [0, 0.1) is 0 Å². The van der Waals surface area contributed by atoms with Gasteiger partial charge in [0, 0.05) is 4.47 Å². The Morgan fingerprint density at radius 2 is 1.79 bits per heavy atom. The van der Waals surface area contributed by atoms with Crippen LogP contribution in [0.5, 0.6) is 5.75 Å². The van der Waals surface area contributed by atoms with Crippen molar-refractivity contribution in [2.24, 2.45) is 0 Å². The zero-order valence-corrected chi connectivity index (χ0v) is 11.8. The Morgan fingerprint density at radius 3 is 2.21 bits per heavy atom. The maximum absolute atomic E-state index is 9.24. The minimum Gasteiger partial charge on any atom is -0.459 e. The summed E-state index contributed by atoms with van der Waals surface area (Å²) in [6.07, 6.45) is 0.296. The van der Waals surface area contributed by atoms with Gasteiger partial charge in [0.2, 0.25) is 6.29 Å². The smallest absolute Gasteiger partial charge is 0.217 e. The Hall–Kier alpha value is 0.160. The summed E-state index contributed by atoms with van der Waals surface area (Å²) in [5.41, 5.74) is 0. The highest BCUT2D eigenvalue weighted by Crippen LogP contribution is 2.36. The Balaban J connectivity index is 3.02. The minimum absolute atomic E-state index is 0.542. The standard InChI is InChI=1S/C9H7Br3O2/c1-2-8(13)14-9-6(11)3-5(10)4-7(9)12/h2-4,8,13H,1H2. The second-order valence-electron chi connectivity index (χ2n) is 2.44. The van der Waals surface area contributed by atoms with E-state index in [4.69, 9.17) is 4.74 Å². The summed E-state index contributed by atoms with van der Waals surface area (Å²) in [4.78, 5) is 0. The summed E-state index contributed by atoms with van der Waals surface area (Å²) in [7, 11) is 0. The summed E-state index contributed by atoms with van der Waals surface area (Å²) in [6.45, 7) is 3.42. The number of rotatable bonds is 3. The lowest BCUT2D eigenvalue weighted by Crippen LogP contribution is -2.11. The average Bonchev–Trinajstić information content (AvgIpc) is 2.10. The van der Waals surface area contributed by atoms with E-state index in [1.54, 1.807) is 0 Å². The number of halogens is 3. The molecule has 0 fully saturated rings. The van der Waals surface area contributed by atoms with Crippen molar-refractivity contribution in [1.29, 1.82) is 0 Å². The Kier molecular flexibility index (Phi) is 4.63. The Labute approximate surface area is 107 Å². The normalized spacial score (nSPS) is 12.3. The molecular formula is C9H7Br3O2. The molecule has 5 heteroatoms. The van der Waals surface area contributed by atoms with Crippen LogP contribution in [0.4, 0.5) is 0 Å². The SMILES string of the molecule is C=CC(O)Oc1c(Br)cc(Br)cc1Br. The fraction of sp³-hybridized carbons (Fsp3) is 0.111. The van der Waals surface area contributed by atoms with Crippen molar-refractivity contribution in [2.45, 2.75) is 6.29 Å². The number of aliphatic hydroxyl groups excluding tert-OH is 1. The van der Waals surface area contributed by atoms with Crippen molar-refractivity contribution in [3.63, 3.8) is 0 Å². The van der Waals surface area contributed by atoms with Crippen LogP contribution < -0.4 is 4.74 Å². The molecule has 2 nitrogen and oxygen atoms in total. The molecule has 0 aliphatic carbocycles. The van der Waals surface area contributed by atoms with E-state index in [1.807, 2.05) is 12.1 Å². The largest absolute Gasteiger partial charge is 0.459 e. The molecule has 0 aliphatic rings. The highest BCUT2D eigenvalue weighted by molar-refractivity contribution is 9.11. The first-order valence-corrected chi connectivity index (χ1v) is 6.04. The van der Waals surface area contributed by atoms with Gasteiger partial charge in [-0.3, -0.25) is 0 Å². The summed E-state index contributed by atoms with van der Waals surface area (Å²) in [5, 5.41) is 9.24. The van der Waals surface area contributed by atoms with Gasteiger partial charge in [0.25, 0.3) is 0 Å². The molecule has 1 rings (SSSR count). The molecule has 14 heavy (non-hydrogen) atoms. The molecule has 0 aliphatic heterocycles. The molecule has 0 aromatic heterocycles. The molecule has 0 saturated heterocycles. The van der Waals surface area contributed by atoms with Crippen LogP contribution in [0.3, 0.4) is 0 Å². The van der Waals surface area contributed by atoms with Gasteiger partial charge in [-0.05, 0) is 50.1 Å². The molecule has 1 unspecified atom stereocenters. The molecule has 1 aromatic rings. The highest BCUT2D eigenvalue weighted by atomic mass is 79.9. The van der Waals surface area contributed by atoms with Gasteiger partial charge >= 0.3 is 0 Å². The first-order chi connectivity index (χ1) is 6.54. The minimum atomic E-state index is -1.01. The molecule has 1 aromatic carbocycles. The maximum Gasteiger partial charge on any atom is 0.217 e. The average molecular weight is 387 g/mol. The molecule has 0 radical (unpaired) electrons. The van der Waals surface area contributed by atoms with E-state index < -0.39 is 6.29 Å². The lowest BCUT2D eigenvalue weighted by atomic mass is 10.3. The van der Waals surface area contributed by atoms with E-state index in [2.05, 4.69) is 54.4 Å². The third kappa shape index (κ3) is 3.08. The summed E-state index contributed by atoms with van der Waals surface area (Å²) in [6, 6.07) is 3.66. The van der Waals surface area contributed by atoms with E-state index in [1.165, 1.54) is 6.08 Å². The van der Waals surface area contributed by atoms with Crippen LogP contribution in [0.25, 0.3) is 0 Å². The summed E-state index contributed by atoms with van der Waals surface area (Å²) >= 11 is 9.98. The third-order valence-electron chi connectivity index (χ3n) is 1.40.